The molecule has 0 aromatic heterocycles. The van der Waals surface area contributed by atoms with Crippen molar-refractivity contribution in [2.75, 3.05) is 14.1 Å². The summed E-state index contributed by atoms with van der Waals surface area (Å²) in [5, 5.41) is 10.3. The van der Waals surface area contributed by atoms with Crippen LogP contribution >= 0.6 is 0 Å². The van der Waals surface area contributed by atoms with Crippen LogP contribution in [0, 0.1) is 5.92 Å². The Kier molecular flexibility index (Phi) is 20.0. The monoisotopic (exact) mass is 467 g/mol. The molecular formula is C29H57NO3. The van der Waals surface area contributed by atoms with Crippen LogP contribution in [0.2, 0.25) is 0 Å². The highest BCUT2D eigenvalue weighted by Crippen LogP contribution is 2.29. The van der Waals surface area contributed by atoms with Gasteiger partial charge in [0.25, 0.3) is 0 Å². The lowest BCUT2D eigenvalue weighted by Crippen LogP contribution is -2.59. The van der Waals surface area contributed by atoms with E-state index in [1.165, 1.54) is 89.9 Å². The largest absolute Gasteiger partial charge is 0.441 e. The summed E-state index contributed by atoms with van der Waals surface area (Å²) in [5.74, 6) is -0.206. The molecule has 0 rings (SSSR count). The molecule has 0 bridgehead atoms. The Hall–Kier alpha value is -0.870. The van der Waals surface area contributed by atoms with Gasteiger partial charge in [-0.05, 0) is 53.1 Å². The number of ether oxygens (including phenoxy) is 1. The van der Waals surface area contributed by atoms with Crippen LogP contribution in [0.15, 0.2) is 12.2 Å². The van der Waals surface area contributed by atoms with E-state index in [1.54, 1.807) is 6.92 Å². The van der Waals surface area contributed by atoms with Crippen LogP contribution in [-0.4, -0.2) is 41.9 Å². The number of aliphatic hydroxyl groups is 1. The van der Waals surface area contributed by atoms with Crippen LogP contribution in [0.5, 0.6) is 0 Å². The normalized spacial score (nSPS) is 14.8. The van der Waals surface area contributed by atoms with Gasteiger partial charge in [0.05, 0.1) is 0 Å². The van der Waals surface area contributed by atoms with Gasteiger partial charge in [-0.2, -0.15) is 0 Å². The highest BCUT2D eigenvalue weighted by Gasteiger charge is 2.44. The Labute approximate surface area is 206 Å². The summed E-state index contributed by atoms with van der Waals surface area (Å²) in [6.45, 7) is 7.92. The van der Waals surface area contributed by atoms with Crippen molar-refractivity contribution in [3.05, 3.63) is 12.2 Å². The number of carbonyl (C=O) groups excluding carboxylic acids is 1. The molecule has 33 heavy (non-hydrogen) atoms. The average molecular weight is 468 g/mol. The summed E-state index contributed by atoms with van der Waals surface area (Å²) >= 11 is 0. The summed E-state index contributed by atoms with van der Waals surface area (Å²) in [6.07, 6.45) is 24.9. The lowest BCUT2D eigenvalue weighted by atomic mass is 9.92. The number of carbonyl (C=O) groups is 1. The summed E-state index contributed by atoms with van der Waals surface area (Å²) in [5.41, 5.74) is -0.961. The molecule has 4 nitrogen and oxygen atoms in total. The minimum absolute atomic E-state index is 0.00447. The number of esters is 1. The Balaban J connectivity index is 3.67. The van der Waals surface area contributed by atoms with Gasteiger partial charge in [0.1, 0.15) is 6.10 Å². The second kappa shape index (κ2) is 20.5. The molecule has 0 spiro atoms. The SMILES string of the molecule is CCCCCCCCCCCC=CCCCCCCCC(=O)OC(C(C)C)(C(C)O)N(C)C. The van der Waals surface area contributed by atoms with Gasteiger partial charge in [0, 0.05) is 12.3 Å². The first kappa shape index (κ1) is 32.1. The van der Waals surface area contributed by atoms with Crippen LogP contribution < -0.4 is 0 Å². The van der Waals surface area contributed by atoms with Gasteiger partial charge in [0.2, 0.25) is 0 Å². The predicted molar refractivity (Wildman–Crippen MR) is 142 cm³/mol. The zero-order valence-corrected chi connectivity index (χ0v) is 23.0. The van der Waals surface area contributed by atoms with E-state index in [0.717, 1.165) is 12.8 Å². The maximum atomic E-state index is 12.4. The molecule has 0 aliphatic carbocycles. The Morgan fingerprint density at radius 1 is 0.788 bits per heavy atom. The zero-order chi connectivity index (χ0) is 25.0. The van der Waals surface area contributed by atoms with Gasteiger partial charge in [0.15, 0.2) is 5.72 Å². The third-order valence-electron chi connectivity index (χ3n) is 6.79. The van der Waals surface area contributed by atoms with E-state index < -0.39 is 11.8 Å². The number of likely N-dealkylation sites (N-methyl/N-ethyl adjacent to an activating group) is 1. The van der Waals surface area contributed by atoms with Crippen molar-refractivity contribution in [2.45, 2.75) is 149 Å². The minimum atomic E-state index is -0.961. The highest BCUT2D eigenvalue weighted by atomic mass is 16.6. The molecule has 2 atom stereocenters. The molecule has 0 saturated heterocycles. The van der Waals surface area contributed by atoms with E-state index in [0.29, 0.717) is 6.42 Å². The van der Waals surface area contributed by atoms with E-state index in [9.17, 15) is 9.90 Å². The van der Waals surface area contributed by atoms with Gasteiger partial charge in [-0.3, -0.25) is 9.69 Å². The molecule has 0 fully saturated rings. The van der Waals surface area contributed by atoms with Gasteiger partial charge in [-0.1, -0.05) is 104 Å². The zero-order valence-electron chi connectivity index (χ0n) is 23.0. The quantitative estimate of drug-likeness (QED) is 0.0757. The fourth-order valence-corrected chi connectivity index (χ4v) is 4.77. The Morgan fingerprint density at radius 3 is 1.61 bits per heavy atom. The first-order valence-corrected chi connectivity index (χ1v) is 14.0. The molecule has 0 amide bonds. The third-order valence-corrected chi connectivity index (χ3v) is 6.79. The number of unbranched alkanes of at least 4 members (excludes halogenated alkanes) is 14. The van der Waals surface area contributed by atoms with Crippen molar-refractivity contribution in [2.24, 2.45) is 5.92 Å². The molecular weight excluding hydrogens is 410 g/mol. The Bertz CT molecular complexity index is 463. The van der Waals surface area contributed by atoms with E-state index in [-0.39, 0.29) is 11.9 Å². The van der Waals surface area contributed by atoms with Crippen LogP contribution in [-0.2, 0) is 9.53 Å². The molecule has 0 saturated carbocycles. The number of hydrogen-bond acceptors (Lipinski definition) is 4. The number of aliphatic hydroxyl groups excluding tert-OH is 1. The standard InChI is InChI=1S/C29H57NO3/c1-7-8-9-10-11-12-13-14-15-16-17-18-19-20-21-22-23-24-25-28(32)33-29(26(2)3,27(4)31)30(5)6/h17-18,26-27,31H,7-16,19-25H2,1-6H3. The van der Waals surface area contributed by atoms with Crippen molar-refractivity contribution in [3.63, 3.8) is 0 Å². The van der Waals surface area contributed by atoms with E-state index in [4.69, 9.17) is 4.74 Å². The van der Waals surface area contributed by atoms with Crippen molar-refractivity contribution >= 4 is 5.97 Å². The van der Waals surface area contributed by atoms with Crippen molar-refractivity contribution in [1.29, 1.82) is 0 Å². The fourth-order valence-electron chi connectivity index (χ4n) is 4.77. The van der Waals surface area contributed by atoms with Gasteiger partial charge < -0.3 is 9.84 Å². The first-order valence-electron chi connectivity index (χ1n) is 14.0. The number of hydrogen-bond donors (Lipinski definition) is 1. The van der Waals surface area contributed by atoms with E-state index in [1.807, 2.05) is 32.8 Å². The van der Waals surface area contributed by atoms with E-state index in [2.05, 4.69) is 19.1 Å². The first-order chi connectivity index (χ1) is 15.8. The van der Waals surface area contributed by atoms with Crippen molar-refractivity contribution < 1.29 is 14.6 Å². The molecule has 0 aromatic carbocycles. The predicted octanol–water partition coefficient (Wildman–Crippen LogP) is 8.03. The fraction of sp³-hybridized carbons (Fsp3) is 0.897. The second-order valence-corrected chi connectivity index (χ2v) is 10.3. The third kappa shape index (κ3) is 14.9. The summed E-state index contributed by atoms with van der Waals surface area (Å²) in [4.78, 5) is 14.2. The van der Waals surface area contributed by atoms with Crippen molar-refractivity contribution in [1.82, 2.24) is 4.90 Å². The molecule has 0 heterocycles. The lowest BCUT2D eigenvalue weighted by molar-refractivity contribution is -0.220. The smallest absolute Gasteiger partial charge is 0.307 e. The van der Waals surface area contributed by atoms with Crippen LogP contribution in [0.25, 0.3) is 0 Å². The van der Waals surface area contributed by atoms with Crippen LogP contribution in [0.3, 0.4) is 0 Å². The topological polar surface area (TPSA) is 49.8 Å². The maximum Gasteiger partial charge on any atom is 0.307 e. The highest BCUT2D eigenvalue weighted by molar-refractivity contribution is 5.69. The Morgan fingerprint density at radius 2 is 1.21 bits per heavy atom. The van der Waals surface area contributed by atoms with Gasteiger partial charge in [-0.25, -0.2) is 0 Å². The summed E-state index contributed by atoms with van der Waals surface area (Å²) < 4.78 is 5.78. The molecule has 4 heteroatoms. The lowest BCUT2D eigenvalue weighted by Gasteiger charge is -2.44. The van der Waals surface area contributed by atoms with E-state index >= 15 is 0 Å². The molecule has 2 unspecified atom stereocenters. The number of rotatable bonds is 22. The molecule has 1 N–H and O–H groups in total. The molecule has 0 aromatic rings. The number of nitrogens with zero attached hydrogens (tertiary/aromatic N) is 1. The maximum absolute atomic E-state index is 12.4. The molecule has 0 aliphatic heterocycles. The average Bonchev–Trinajstić information content (AvgIpc) is 2.75. The van der Waals surface area contributed by atoms with Gasteiger partial charge in [-0.15, -0.1) is 0 Å². The van der Waals surface area contributed by atoms with Crippen LogP contribution in [0.4, 0.5) is 0 Å². The summed E-state index contributed by atoms with van der Waals surface area (Å²) in [6, 6.07) is 0. The van der Waals surface area contributed by atoms with Gasteiger partial charge >= 0.3 is 5.97 Å². The molecule has 0 radical (unpaired) electrons. The molecule has 196 valence electrons. The number of allylic oxidation sites excluding steroid dienone is 2. The van der Waals surface area contributed by atoms with Crippen LogP contribution in [0.1, 0.15) is 137 Å². The summed E-state index contributed by atoms with van der Waals surface area (Å²) in [7, 11) is 3.70. The second-order valence-electron chi connectivity index (χ2n) is 10.3. The van der Waals surface area contributed by atoms with Crippen molar-refractivity contribution in [3.8, 4) is 0 Å². The minimum Gasteiger partial charge on any atom is -0.441 e. The molecule has 0 aliphatic rings.